The predicted molar refractivity (Wildman–Crippen MR) is 132 cm³/mol. The Morgan fingerprint density at radius 2 is 2.00 bits per heavy atom. The van der Waals surface area contributed by atoms with E-state index in [1.807, 2.05) is 5.32 Å². The lowest BCUT2D eigenvalue weighted by molar-refractivity contribution is -0.135. The number of ether oxygens (including phenoxy) is 1. The first-order valence-electron chi connectivity index (χ1n) is 10.9. The van der Waals surface area contributed by atoms with Gasteiger partial charge in [0.1, 0.15) is 17.1 Å². The second-order valence-electron chi connectivity index (χ2n) is 8.00. The number of imide groups is 1. The van der Waals surface area contributed by atoms with E-state index in [0.717, 1.165) is 10.9 Å². The smallest absolute Gasteiger partial charge is 0.390 e. The van der Waals surface area contributed by atoms with Gasteiger partial charge in [0.05, 0.1) is 24.7 Å². The summed E-state index contributed by atoms with van der Waals surface area (Å²) in [5.74, 6) is -4.05. The van der Waals surface area contributed by atoms with Gasteiger partial charge in [-0.2, -0.15) is 4.67 Å². The van der Waals surface area contributed by atoms with E-state index in [4.69, 9.17) is 13.9 Å². The maximum absolute atomic E-state index is 14.0. The van der Waals surface area contributed by atoms with Crippen LogP contribution >= 0.6 is 39.6 Å². The number of amides is 2. The molecule has 0 bridgehead atoms. The fraction of sp³-hybridized carbons (Fsp3) is 0.500. The number of aliphatic hydroxyl groups excluding tert-OH is 1. The lowest BCUT2D eigenvalue weighted by Crippen LogP contribution is -2.44. The highest BCUT2D eigenvalue weighted by molar-refractivity contribution is 9.09. The highest BCUT2D eigenvalue weighted by Gasteiger charge is 2.45. The molecule has 0 radical (unpaired) electrons. The van der Waals surface area contributed by atoms with E-state index in [1.165, 1.54) is 4.67 Å². The number of carbonyl (C=O) groups is 2. The molecule has 2 unspecified atom stereocenters. The molecule has 2 aliphatic heterocycles. The minimum Gasteiger partial charge on any atom is -0.390 e. The van der Waals surface area contributed by atoms with Crippen molar-refractivity contribution in [2.45, 2.75) is 24.7 Å². The van der Waals surface area contributed by atoms with Crippen LogP contribution in [0, 0.1) is 5.92 Å². The van der Waals surface area contributed by atoms with E-state index >= 15 is 0 Å². The Hall–Kier alpha value is -1.74. The molecule has 1 saturated heterocycles. The summed E-state index contributed by atoms with van der Waals surface area (Å²) in [6.07, 6.45) is -2.14. The third kappa shape index (κ3) is 5.87. The van der Waals surface area contributed by atoms with Crippen LogP contribution in [0.3, 0.4) is 0 Å². The van der Waals surface area contributed by atoms with Gasteiger partial charge in [0, 0.05) is 30.2 Å². The standard InChI is InChI=1S/C20H23Br2FN5O7P/c21-5-7-27(8-6-22)36(32,35-28-15-4-2-1-3-14(15)25-26-28)33-11-18-16(29)10-17(34-18)12-9-13(23)20(31)24-19(12)30/h1-4,9,12,16-18,29H,5-8,10-11H2,(H,24,30,31)/t12?,16-,17+,18+,36?/m0/s1. The Morgan fingerprint density at radius 1 is 1.28 bits per heavy atom. The zero-order chi connectivity index (χ0) is 25.9. The van der Waals surface area contributed by atoms with E-state index in [-0.39, 0.29) is 13.0 Å². The molecular formula is C20H23Br2FN5O7P. The Morgan fingerprint density at radius 3 is 2.72 bits per heavy atom. The average Bonchev–Trinajstić information content (AvgIpc) is 3.43. The summed E-state index contributed by atoms with van der Waals surface area (Å²) in [6, 6.07) is 6.94. The van der Waals surface area contributed by atoms with Gasteiger partial charge in [-0.1, -0.05) is 48.8 Å². The maximum Gasteiger partial charge on any atom is 0.481 e. The summed E-state index contributed by atoms with van der Waals surface area (Å²) in [5, 5.41) is 21.3. The summed E-state index contributed by atoms with van der Waals surface area (Å²) >= 11 is 6.67. The van der Waals surface area contributed by atoms with Crippen molar-refractivity contribution in [1.29, 1.82) is 0 Å². The number of aromatic nitrogens is 3. The molecule has 36 heavy (non-hydrogen) atoms. The fourth-order valence-corrected chi connectivity index (χ4v) is 6.92. The number of para-hydroxylation sites is 1. The second-order valence-corrected chi connectivity index (χ2v) is 11.5. The Kier molecular flexibility index (Phi) is 8.92. The van der Waals surface area contributed by atoms with Gasteiger partial charge in [-0.25, -0.2) is 8.96 Å². The highest BCUT2D eigenvalue weighted by atomic mass is 79.9. The molecule has 2 amide bonds. The molecule has 12 nitrogen and oxygen atoms in total. The van der Waals surface area contributed by atoms with E-state index < -0.39 is 49.6 Å². The highest BCUT2D eigenvalue weighted by Crippen LogP contribution is 2.49. The molecule has 196 valence electrons. The van der Waals surface area contributed by atoms with Crippen molar-refractivity contribution in [1.82, 2.24) is 25.1 Å². The molecule has 16 heteroatoms. The first-order valence-corrected chi connectivity index (χ1v) is 14.7. The van der Waals surface area contributed by atoms with E-state index in [2.05, 4.69) is 42.2 Å². The molecule has 1 fully saturated rings. The number of aliphatic hydroxyl groups is 1. The first-order chi connectivity index (χ1) is 17.3. The number of benzene rings is 1. The number of hydrogen-bond donors (Lipinski definition) is 2. The van der Waals surface area contributed by atoms with Gasteiger partial charge in [0.15, 0.2) is 5.83 Å². The molecule has 0 aliphatic carbocycles. The molecule has 2 N–H and O–H groups in total. The number of rotatable bonds is 11. The van der Waals surface area contributed by atoms with Gasteiger partial charge >= 0.3 is 7.75 Å². The van der Waals surface area contributed by atoms with Crippen LogP contribution in [0.2, 0.25) is 0 Å². The summed E-state index contributed by atoms with van der Waals surface area (Å²) < 4.78 is 46.6. The Labute approximate surface area is 221 Å². The van der Waals surface area contributed by atoms with Crippen molar-refractivity contribution in [2.24, 2.45) is 5.92 Å². The molecular weight excluding hydrogens is 632 g/mol. The van der Waals surface area contributed by atoms with Crippen molar-refractivity contribution in [3.05, 3.63) is 36.2 Å². The normalized spacial score (nSPS) is 26.2. The molecule has 4 rings (SSSR count). The first kappa shape index (κ1) is 27.3. The number of hydrogen-bond acceptors (Lipinski definition) is 9. The average molecular weight is 655 g/mol. The quantitative estimate of drug-likeness (QED) is 0.209. The molecule has 2 aliphatic rings. The van der Waals surface area contributed by atoms with Gasteiger partial charge < -0.3 is 14.5 Å². The molecule has 3 heterocycles. The number of nitrogens with one attached hydrogen (secondary N) is 1. The van der Waals surface area contributed by atoms with Gasteiger partial charge in [-0.3, -0.25) is 19.4 Å². The van der Waals surface area contributed by atoms with Crippen LogP contribution in [-0.4, -0.2) is 85.4 Å². The fourth-order valence-electron chi connectivity index (χ4n) is 3.86. The van der Waals surface area contributed by atoms with Crippen LogP contribution in [0.4, 0.5) is 4.39 Å². The molecule has 0 spiro atoms. The van der Waals surface area contributed by atoms with Gasteiger partial charge in [-0.15, -0.1) is 5.10 Å². The van der Waals surface area contributed by atoms with Crippen LogP contribution in [0.25, 0.3) is 11.0 Å². The van der Waals surface area contributed by atoms with E-state index in [0.29, 0.717) is 34.8 Å². The summed E-state index contributed by atoms with van der Waals surface area (Å²) in [4.78, 5) is 24.5. The van der Waals surface area contributed by atoms with Crippen LogP contribution < -0.4 is 9.94 Å². The zero-order valence-corrected chi connectivity index (χ0v) is 22.8. The maximum atomic E-state index is 14.0. The van der Waals surface area contributed by atoms with Gasteiger partial charge in [0.2, 0.25) is 5.91 Å². The third-order valence-corrected chi connectivity index (χ3v) is 8.31. The SMILES string of the molecule is O=C1NC(=O)C([C@H]2C[C@H](O)[C@@H](COP(=O)(On3nnc4ccccc43)N(CCBr)CCBr)O2)C=C1F. The monoisotopic (exact) mass is 653 g/mol. The van der Waals surface area contributed by atoms with Gasteiger partial charge in [-0.05, 0) is 23.4 Å². The molecule has 0 saturated carbocycles. The van der Waals surface area contributed by atoms with Crippen LogP contribution in [0.15, 0.2) is 36.2 Å². The third-order valence-electron chi connectivity index (χ3n) is 5.67. The van der Waals surface area contributed by atoms with Crippen molar-refractivity contribution >= 4 is 62.5 Å². The largest absolute Gasteiger partial charge is 0.481 e. The van der Waals surface area contributed by atoms with E-state index in [9.17, 15) is 23.7 Å². The number of nitrogens with zero attached hydrogens (tertiary/aromatic N) is 4. The Balaban J connectivity index is 1.52. The zero-order valence-electron chi connectivity index (χ0n) is 18.7. The van der Waals surface area contributed by atoms with Gasteiger partial charge in [0.25, 0.3) is 5.91 Å². The van der Waals surface area contributed by atoms with Crippen molar-refractivity contribution in [3.63, 3.8) is 0 Å². The lowest BCUT2D eigenvalue weighted by atomic mass is 9.95. The van der Waals surface area contributed by atoms with Crippen LogP contribution in [0.1, 0.15) is 6.42 Å². The topological polar surface area (TPSA) is 145 Å². The minimum absolute atomic E-state index is 0.0184. The van der Waals surface area contributed by atoms with E-state index in [1.54, 1.807) is 24.3 Å². The van der Waals surface area contributed by atoms with Crippen LogP contribution in [-0.2, 0) is 23.4 Å². The number of carbonyl (C=O) groups excluding carboxylic acids is 2. The predicted octanol–water partition coefficient (Wildman–Crippen LogP) is 1.72. The van der Waals surface area contributed by atoms with Crippen LogP contribution in [0.5, 0.6) is 0 Å². The minimum atomic E-state index is -4.07. The number of halogens is 3. The molecule has 1 aromatic heterocycles. The lowest BCUT2D eigenvalue weighted by Gasteiger charge is -2.29. The number of fused-ring (bicyclic) bond motifs is 1. The van der Waals surface area contributed by atoms with Crippen molar-refractivity contribution < 1.29 is 37.5 Å². The summed E-state index contributed by atoms with van der Waals surface area (Å²) in [5.41, 5.74) is 1.00. The van der Waals surface area contributed by atoms with Crippen molar-refractivity contribution in [3.8, 4) is 0 Å². The molecule has 5 atom stereocenters. The summed E-state index contributed by atoms with van der Waals surface area (Å²) in [7, 11) is -4.07. The summed E-state index contributed by atoms with van der Waals surface area (Å²) in [6.45, 7) is 0.237. The van der Waals surface area contributed by atoms with Crippen molar-refractivity contribution in [2.75, 3.05) is 30.4 Å². The Bertz CT molecular complexity index is 1190. The molecule has 2 aromatic rings. The second kappa shape index (κ2) is 11.8. The molecule has 1 aromatic carbocycles. The number of alkyl halides is 2.